The number of nitrogens with one attached hydrogen (secondary N) is 1. The monoisotopic (exact) mass is 262 g/mol. The van der Waals surface area contributed by atoms with Crippen molar-refractivity contribution in [3.63, 3.8) is 0 Å². The van der Waals surface area contributed by atoms with E-state index in [0.29, 0.717) is 5.02 Å². The van der Waals surface area contributed by atoms with Crippen molar-refractivity contribution in [1.29, 1.82) is 0 Å². The summed E-state index contributed by atoms with van der Waals surface area (Å²) >= 11 is 6.02. The number of rotatable bonds is 3. The van der Waals surface area contributed by atoms with Crippen LogP contribution in [-0.4, -0.2) is 4.92 Å². The van der Waals surface area contributed by atoms with Crippen molar-refractivity contribution in [1.82, 2.24) is 0 Å². The van der Waals surface area contributed by atoms with E-state index in [1.807, 2.05) is 25.1 Å². The molecule has 1 N–H and O–H groups in total. The third-order valence-electron chi connectivity index (χ3n) is 2.62. The minimum atomic E-state index is -0.422. The Hall–Kier alpha value is -2.07. The lowest BCUT2D eigenvalue weighted by molar-refractivity contribution is -0.384. The van der Waals surface area contributed by atoms with Gasteiger partial charge in [0, 0.05) is 28.5 Å². The summed E-state index contributed by atoms with van der Waals surface area (Å²) in [5.74, 6) is 0. The zero-order valence-electron chi connectivity index (χ0n) is 9.68. The van der Waals surface area contributed by atoms with Crippen molar-refractivity contribution in [3.05, 3.63) is 63.2 Å². The summed E-state index contributed by atoms with van der Waals surface area (Å²) in [6.45, 7) is 1.91. The molecule has 0 bridgehead atoms. The first-order valence-electron chi connectivity index (χ1n) is 5.34. The van der Waals surface area contributed by atoms with Crippen LogP contribution >= 0.6 is 11.6 Å². The normalized spacial score (nSPS) is 10.1. The highest BCUT2D eigenvalue weighted by Gasteiger charge is 2.05. The fourth-order valence-electron chi connectivity index (χ4n) is 1.56. The van der Waals surface area contributed by atoms with Crippen LogP contribution in [0.2, 0.25) is 5.02 Å². The van der Waals surface area contributed by atoms with E-state index in [4.69, 9.17) is 11.6 Å². The van der Waals surface area contributed by atoms with Gasteiger partial charge < -0.3 is 5.32 Å². The van der Waals surface area contributed by atoms with E-state index in [-0.39, 0.29) is 5.69 Å². The molecular formula is C13H11ClN2O2. The number of nitro benzene ring substituents is 1. The maximum absolute atomic E-state index is 10.5. The summed E-state index contributed by atoms with van der Waals surface area (Å²) in [7, 11) is 0. The minimum Gasteiger partial charge on any atom is -0.355 e. The molecule has 2 rings (SSSR count). The van der Waals surface area contributed by atoms with Gasteiger partial charge >= 0.3 is 0 Å². The minimum absolute atomic E-state index is 0.0726. The van der Waals surface area contributed by atoms with E-state index in [1.165, 1.54) is 12.1 Å². The van der Waals surface area contributed by atoms with Gasteiger partial charge in [0.15, 0.2) is 0 Å². The molecule has 0 aliphatic heterocycles. The number of anilines is 2. The average molecular weight is 263 g/mol. The number of non-ortho nitro benzene ring substituents is 1. The number of hydrogen-bond donors (Lipinski definition) is 1. The summed E-state index contributed by atoms with van der Waals surface area (Å²) in [6.07, 6.45) is 0. The zero-order valence-corrected chi connectivity index (χ0v) is 10.4. The smallest absolute Gasteiger partial charge is 0.269 e. The standard InChI is InChI=1S/C13H11ClN2O2/c1-9-12(14)3-2-4-13(9)15-10-5-7-11(8-6-10)16(17)18/h2-8,15H,1H3. The molecule has 0 saturated carbocycles. The molecule has 4 nitrogen and oxygen atoms in total. The van der Waals surface area contributed by atoms with Gasteiger partial charge in [0.05, 0.1) is 4.92 Å². The Balaban J connectivity index is 2.24. The predicted molar refractivity (Wildman–Crippen MR) is 72.6 cm³/mol. The van der Waals surface area contributed by atoms with E-state index < -0.39 is 4.92 Å². The molecule has 0 aliphatic rings. The molecule has 2 aromatic carbocycles. The summed E-state index contributed by atoms with van der Waals surface area (Å²) in [5.41, 5.74) is 2.68. The molecule has 5 heteroatoms. The van der Waals surface area contributed by atoms with Crippen LogP contribution in [0.1, 0.15) is 5.56 Å². The van der Waals surface area contributed by atoms with Crippen molar-refractivity contribution in [2.24, 2.45) is 0 Å². The van der Waals surface area contributed by atoms with Gasteiger partial charge in [-0.25, -0.2) is 0 Å². The van der Waals surface area contributed by atoms with E-state index in [0.717, 1.165) is 16.9 Å². The quantitative estimate of drug-likeness (QED) is 0.663. The first kappa shape index (κ1) is 12.4. The van der Waals surface area contributed by atoms with Crippen LogP contribution in [0.5, 0.6) is 0 Å². The van der Waals surface area contributed by atoms with Crippen LogP contribution in [0.4, 0.5) is 17.1 Å². The lowest BCUT2D eigenvalue weighted by Crippen LogP contribution is -1.94. The fourth-order valence-corrected chi connectivity index (χ4v) is 1.74. The first-order valence-corrected chi connectivity index (χ1v) is 5.72. The maximum Gasteiger partial charge on any atom is 0.269 e. The number of benzene rings is 2. The van der Waals surface area contributed by atoms with Gasteiger partial charge in [-0.1, -0.05) is 17.7 Å². The Morgan fingerprint density at radius 3 is 2.44 bits per heavy atom. The third-order valence-corrected chi connectivity index (χ3v) is 3.03. The molecule has 0 radical (unpaired) electrons. The molecule has 0 aliphatic carbocycles. The summed E-state index contributed by atoms with van der Waals surface area (Å²) in [5, 5.41) is 14.4. The summed E-state index contributed by atoms with van der Waals surface area (Å²) < 4.78 is 0. The maximum atomic E-state index is 10.5. The van der Waals surface area contributed by atoms with Gasteiger partial charge in [0.1, 0.15) is 0 Å². The number of hydrogen-bond acceptors (Lipinski definition) is 3. The summed E-state index contributed by atoms with van der Waals surface area (Å²) in [4.78, 5) is 10.1. The van der Waals surface area contributed by atoms with Crippen LogP contribution in [0.15, 0.2) is 42.5 Å². The Kier molecular flexibility index (Phi) is 3.48. The average Bonchev–Trinajstić information content (AvgIpc) is 2.36. The summed E-state index contributed by atoms with van der Waals surface area (Å²) in [6, 6.07) is 11.8. The molecule has 0 saturated heterocycles. The van der Waals surface area contributed by atoms with Crippen molar-refractivity contribution >= 4 is 28.7 Å². The highest BCUT2D eigenvalue weighted by Crippen LogP contribution is 2.26. The molecule has 2 aromatic rings. The van der Waals surface area contributed by atoms with Crippen LogP contribution < -0.4 is 5.32 Å². The van der Waals surface area contributed by atoms with E-state index in [2.05, 4.69) is 5.32 Å². The lowest BCUT2D eigenvalue weighted by atomic mass is 10.2. The van der Waals surface area contributed by atoms with Crippen LogP contribution in [0.25, 0.3) is 0 Å². The number of halogens is 1. The Morgan fingerprint density at radius 2 is 1.83 bits per heavy atom. The highest BCUT2D eigenvalue weighted by atomic mass is 35.5. The van der Waals surface area contributed by atoms with E-state index >= 15 is 0 Å². The number of nitro groups is 1. The molecule has 0 atom stereocenters. The lowest BCUT2D eigenvalue weighted by Gasteiger charge is -2.10. The van der Waals surface area contributed by atoms with Crippen molar-refractivity contribution in [2.75, 3.05) is 5.32 Å². The first-order chi connectivity index (χ1) is 8.58. The Bertz CT molecular complexity index is 582. The topological polar surface area (TPSA) is 55.2 Å². The SMILES string of the molecule is Cc1c(Cl)cccc1Nc1ccc([N+](=O)[O-])cc1. The fraction of sp³-hybridized carbons (Fsp3) is 0.0769. The molecule has 0 spiro atoms. The van der Waals surface area contributed by atoms with Gasteiger partial charge in [0.25, 0.3) is 5.69 Å². The zero-order chi connectivity index (χ0) is 13.1. The Labute approximate surface area is 109 Å². The second-order valence-electron chi connectivity index (χ2n) is 3.84. The second kappa shape index (κ2) is 5.06. The molecule has 0 heterocycles. The van der Waals surface area contributed by atoms with E-state index in [9.17, 15) is 10.1 Å². The van der Waals surface area contributed by atoms with Crippen LogP contribution in [-0.2, 0) is 0 Å². The number of nitrogens with zero attached hydrogens (tertiary/aromatic N) is 1. The second-order valence-corrected chi connectivity index (χ2v) is 4.25. The predicted octanol–water partition coefficient (Wildman–Crippen LogP) is 4.30. The molecule has 0 amide bonds. The molecule has 0 aromatic heterocycles. The van der Waals surface area contributed by atoms with Gasteiger partial charge in [0.2, 0.25) is 0 Å². The molecule has 0 unspecified atom stereocenters. The van der Waals surface area contributed by atoms with Gasteiger partial charge in [-0.05, 0) is 36.8 Å². The molecular weight excluding hydrogens is 252 g/mol. The van der Waals surface area contributed by atoms with Gasteiger partial charge in [-0.2, -0.15) is 0 Å². The third kappa shape index (κ3) is 2.60. The highest BCUT2D eigenvalue weighted by molar-refractivity contribution is 6.31. The van der Waals surface area contributed by atoms with Crippen molar-refractivity contribution < 1.29 is 4.92 Å². The van der Waals surface area contributed by atoms with Gasteiger partial charge in [-0.3, -0.25) is 10.1 Å². The van der Waals surface area contributed by atoms with Crippen LogP contribution in [0, 0.1) is 17.0 Å². The van der Waals surface area contributed by atoms with Gasteiger partial charge in [-0.15, -0.1) is 0 Å². The van der Waals surface area contributed by atoms with Crippen LogP contribution in [0.3, 0.4) is 0 Å². The van der Waals surface area contributed by atoms with E-state index in [1.54, 1.807) is 12.1 Å². The van der Waals surface area contributed by atoms with Crippen molar-refractivity contribution in [3.8, 4) is 0 Å². The molecule has 18 heavy (non-hydrogen) atoms. The Morgan fingerprint density at radius 1 is 1.17 bits per heavy atom. The molecule has 0 fully saturated rings. The largest absolute Gasteiger partial charge is 0.355 e. The molecule has 92 valence electrons. The van der Waals surface area contributed by atoms with Crippen molar-refractivity contribution in [2.45, 2.75) is 6.92 Å².